The van der Waals surface area contributed by atoms with E-state index in [1.165, 1.54) is 18.1 Å². The van der Waals surface area contributed by atoms with Gasteiger partial charge in [0.1, 0.15) is 12.2 Å². The van der Waals surface area contributed by atoms with Gasteiger partial charge in [-0.1, -0.05) is 11.6 Å². The summed E-state index contributed by atoms with van der Waals surface area (Å²) >= 11 is 7.35. The Bertz CT molecular complexity index is 651. The van der Waals surface area contributed by atoms with E-state index in [4.69, 9.17) is 11.6 Å². The average molecular weight is 337 g/mol. The van der Waals surface area contributed by atoms with E-state index < -0.39 is 11.0 Å². The summed E-state index contributed by atoms with van der Waals surface area (Å²) in [7, 11) is 0. The van der Waals surface area contributed by atoms with Crippen molar-refractivity contribution >= 4 is 23.4 Å². The van der Waals surface area contributed by atoms with Crippen LogP contribution in [0.1, 0.15) is 19.7 Å². The van der Waals surface area contributed by atoms with Crippen LogP contribution in [0.5, 0.6) is 0 Å². The normalized spacial score (nSPS) is 14.3. The number of aliphatic hydroxyl groups is 1. The first-order chi connectivity index (χ1) is 10.4. The number of halogens is 1. The minimum absolute atomic E-state index is 0.230. The Morgan fingerprint density at radius 2 is 2.05 bits per heavy atom. The Hall–Kier alpha value is -1.55. The number of rotatable bonds is 6. The van der Waals surface area contributed by atoms with Gasteiger partial charge < -0.3 is 5.11 Å². The molecule has 0 saturated heterocycles. The quantitative estimate of drug-likeness (QED) is 0.792. The maximum atomic E-state index is 11.1. The molecule has 0 aliphatic heterocycles. The first-order valence-electron chi connectivity index (χ1n) is 6.72. The Balaban J connectivity index is 2.17. The molecular formula is C15H17ClN4OS. The van der Waals surface area contributed by atoms with E-state index in [-0.39, 0.29) is 6.42 Å². The Labute approximate surface area is 138 Å². The van der Waals surface area contributed by atoms with Gasteiger partial charge in [0.2, 0.25) is 0 Å². The number of aromatic nitrogens is 3. The number of nitrogens with one attached hydrogen (secondary N) is 1. The van der Waals surface area contributed by atoms with Gasteiger partial charge in [-0.3, -0.25) is 5.10 Å². The lowest BCUT2D eigenvalue weighted by atomic mass is 9.75. The summed E-state index contributed by atoms with van der Waals surface area (Å²) in [5.74, 6) is 0.915. The first kappa shape index (κ1) is 16.8. The van der Waals surface area contributed by atoms with Crippen LogP contribution in [0.4, 0.5) is 0 Å². The highest BCUT2D eigenvalue weighted by Gasteiger charge is 2.44. The monoisotopic (exact) mass is 336 g/mol. The second kappa shape index (κ2) is 6.69. The van der Waals surface area contributed by atoms with Crippen molar-refractivity contribution in [1.82, 2.24) is 15.2 Å². The van der Waals surface area contributed by atoms with E-state index in [2.05, 4.69) is 21.3 Å². The summed E-state index contributed by atoms with van der Waals surface area (Å²) < 4.78 is 0. The molecule has 0 bridgehead atoms. The van der Waals surface area contributed by atoms with Gasteiger partial charge in [0.05, 0.1) is 17.1 Å². The van der Waals surface area contributed by atoms with Crippen molar-refractivity contribution in [2.45, 2.75) is 30.8 Å². The van der Waals surface area contributed by atoms with Gasteiger partial charge in [-0.15, -0.1) is 11.8 Å². The van der Waals surface area contributed by atoms with Crippen LogP contribution in [-0.2, 0) is 6.42 Å². The number of aromatic amines is 1. The lowest BCUT2D eigenvalue weighted by molar-refractivity contribution is -0.0176. The molecule has 0 fully saturated rings. The molecule has 0 aliphatic rings. The van der Waals surface area contributed by atoms with Crippen molar-refractivity contribution in [2.24, 2.45) is 5.41 Å². The van der Waals surface area contributed by atoms with Gasteiger partial charge in [0.15, 0.2) is 0 Å². The maximum Gasteiger partial charge on any atom is 0.137 e. The summed E-state index contributed by atoms with van der Waals surface area (Å²) in [5.41, 5.74) is -2.18. The molecule has 7 heteroatoms. The van der Waals surface area contributed by atoms with Crippen LogP contribution >= 0.6 is 23.4 Å². The van der Waals surface area contributed by atoms with E-state index >= 15 is 0 Å². The molecule has 1 aromatic heterocycles. The first-order valence-corrected chi connectivity index (χ1v) is 8.09. The van der Waals surface area contributed by atoms with Crippen LogP contribution in [0.25, 0.3) is 0 Å². The number of hydrogen-bond donors (Lipinski definition) is 2. The number of H-pyrrole nitrogens is 1. The Kier molecular flexibility index (Phi) is 5.12. The second-order valence-electron chi connectivity index (χ2n) is 5.62. The smallest absolute Gasteiger partial charge is 0.137 e. The summed E-state index contributed by atoms with van der Waals surface area (Å²) in [6, 6.07) is 9.57. The largest absolute Gasteiger partial charge is 0.387 e. The zero-order valence-electron chi connectivity index (χ0n) is 12.4. The molecule has 22 heavy (non-hydrogen) atoms. The summed E-state index contributed by atoms with van der Waals surface area (Å²) in [6.07, 6.45) is 1.62. The van der Waals surface area contributed by atoms with Crippen molar-refractivity contribution in [2.75, 3.05) is 5.75 Å². The number of hydrogen-bond acceptors (Lipinski definition) is 5. The zero-order chi connectivity index (χ0) is 16.2. The van der Waals surface area contributed by atoms with Crippen LogP contribution in [0.15, 0.2) is 35.5 Å². The predicted molar refractivity (Wildman–Crippen MR) is 86.6 cm³/mol. The third-order valence-electron chi connectivity index (χ3n) is 3.66. The van der Waals surface area contributed by atoms with E-state index in [9.17, 15) is 10.4 Å². The van der Waals surface area contributed by atoms with Gasteiger partial charge in [-0.05, 0) is 38.1 Å². The fourth-order valence-corrected chi connectivity index (χ4v) is 3.21. The summed E-state index contributed by atoms with van der Waals surface area (Å²) in [6.45, 7) is 3.46. The molecule has 1 unspecified atom stereocenters. The molecule has 0 spiro atoms. The lowest BCUT2D eigenvalue weighted by Crippen LogP contribution is -2.48. The number of nitriles is 1. The van der Waals surface area contributed by atoms with E-state index in [0.29, 0.717) is 16.6 Å². The molecule has 0 radical (unpaired) electrons. The van der Waals surface area contributed by atoms with Crippen molar-refractivity contribution in [3.63, 3.8) is 0 Å². The summed E-state index contributed by atoms with van der Waals surface area (Å²) in [5, 5.41) is 27.7. The van der Waals surface area contributed by atoms with Crippen molar-refractivity contribution in [1.29, 1.82) is 5.26 Å². The minimum Gasteiger partial charge on any atom is -0.387 e. The van der Waals surface area contributed by atoms with Gasteiger partial charge in [0, 0.05) is 22.1 Å². The predicted octanol–water partition coefficient (Wildman–Crippen LogP) is 3.07. The van der Waals surface area contributed by atoms with E-state index in [1.807, 2.05) is 12.1 Å². The van der Waals surface area contributed by atoms with E-state index in [1.54, 1.807) is 26.0 Å². The SMILES string of the molecule is CC(C)(C#N)C(O)(CSc1ccc(Cl)cc1)Cc1ncn[nH]1. The van der Waals surface area contributed by atoms with Crippen molar-refractivity contribution in [3.8, 4) is 6.07 Å². The third-order valence-corrected chi connectivity index (χ3v) is 5.14. The minimum atomic E-state index is -1.24. The maximum absolute atomic E-state index is 11.1. The van der Waals surface area contributed by atoms with Gasteiger partial charge in [-0.2, -0.15) is 10.4 Å². The highest BCUT2D eigenvalue weighted by molar-refractivity contribution is 7.99. The fourth-order valence-electron chi connectivity index (χ4n) is 1.88. The van der Waals surface area contributed by atoms with Crippen LogP contribution in [0.3, 0.4) is 0 Å². The molecule has 1 atom stereocenters. The molecule has 2 N–H and O–H groups in total. The second-order valence-corrected chi connectivity index (χ2v) is 7.11. The number of nitrogens with zero attached hydrogens (tertiary/aromatic N) is 3. The molecular weight excluding hydrogens is 320 g/mol. The highest BCUT2D eigenvalue weighted by atomic mass is 35.5. The van der Waals surface area contributed by atoms with Gasteiger partial charge >= 0.3 is 0 Å². The van der Waals surface area contributed by atoms with Crippen LogP contribution < -0.4 is 0 Å². The zero-order valence-corrected chi connectivity index (χ0v) is 13.9. The molecule has 5 nitrogen and oxygen atoms in total. The Morgan fingerprint density at radius 3 is 2.59 bits per heavy atom. The lowest BCUT2D eigenvalue weighted by Gasteiger charge is -2.37. The molecule has 2 aromatic rings. The van der Waals surface area contributed by atoms with Gasteiger partial charge in [-0.25, -0.2) is 4.98 Å². The Morgan fingerprint density at radius 1 is 1.36 bits per heavy atom. The van der Waals surface area contributed by atoms with Crippen LogP contribution in [0, 0.1) is 16.7 Å². The van der Waals surface area contributed by atoms with E-state index in [0.717, 1.165) is 4.90 Å². The molecule has 116 valence electrons. The molecule has 2 rings (SSSR count). The molecule has 0 amide bonds. The van der Waals surface area contributed by atoms with Crippen LogP contribution in [-0.4, -0.2) is 31.6 Å². The average Bonchev–Trinajstić information content (AvgIpc) is 2.99. The highest BCUT2D eigenvalue weighted by Crippen LogP contribution is 2.37. The molecule has 1 aromatic carbocycles. The van der Waals surface area contributed by atoms with Gasteiger partial charge in [0.25, 0.3) is 0 Å². The number of benzene rings is 1. The summed E-state index contributed by atoms with van der Waals surface area (Å²) in [4.78, 5) is 5.03. The molecule has 0 saturated carbocycles. The molecule has 1 heterocycles. The van der Waals surface area contributed by atoms with Crippen molar-refractivity contribution < 1.29 is 5.11 Å². The van der Waals surface area contributed by atoms with Crippen molar-refractivity contribution in [3.05, 3.63) is 41.4 Å². The molecule has 0 aliphatic carbocycles. The topological polar surface area (TPSA) is 85.6 Å². The van der Waals surface area contributed by atoms with Crippen LogP contribution in [0.2, 0.25) is 5.02 Å². The third kappa shape index (κ3) is 3.80. The fraction of sp³-hybridized carbons (Fsp3) is 0.400. The number of thioether (sulfide) groups is 1. The standard InChI is InChI=1S/C15H17ClN4OS/c1-14(2,8-17)15(21,7-13-18-10-19-20-13)9-22-12-5-3-11(16)4-6-12/h3-6,10,21H,7,9H2,1-2H3,(H,18,19,20).